The number of ether oxygens (including phenoxy) is 1. The lowest BCUT2D eigenvalue weighted by Crippen LogP contribution is -2.33. The lowest BCUT2D eigenvalue weighted by Gasteiger charge is -2.17. The first-order chi connectivity index (χ1) is 11.1. The number of fused-ring (bicyclic) bond motifs is 1. The van der Waals surface area contributed by atoms with Crippen molar-refractivity contribution in [1.29, 1.82) is 0 Å². The maximum atomic E-state index is 11.2. The number of amides is 1. The highest BCUT2D eigenvalue weighted by Crippen LogP contribution is 2.30. The fraction of sp³-hybridized carbons (Fsp3) is 0.500. The molecule has 1 fully saturated rings. The highest BCUT2D eigenvalue weighted by molar-refractivity contribution is 5.82. The third kappa shape index (κ3) is 3.26. The molecule has 3 atom stereocenters. The van der Waals surface area contributed by atoms with Gasteiger partial charge in [0.05, 0.1) is 12.1 Å². The van der Waals surface area contributed by atoms with Gasteiger partial charge in [0.15, 0.2) is 0 Å². The molecule has 5 nitrogen and oxygen atoms in total. The second-order valence-electron chi connectivity index (χ2n) is 6.15. The van der Waals surface area contributed by atoms with E-state index in [1.54, 1.807) is 0 Å². The van der Waals surface area contributed by atoms with E-state index in [1.165, 1.54) is 10.9 Å². The van der Waals surface area contributed by atoms with Crippen LogP contribution in [0.2, 0.25) is 0 Å². The van der Waals surface area contributed by atoms with Crippen molar-refractivity contribution < 1.29 is 13.9 Å². The molecule has 3 rings (SSSR count). The van der Waals surface area contributed by atoms with Crippen molar-refractivity contribution >= 4 is 16.9 Å². The van der Waals surface area contributed by atoms with Gasteiger partial charge >= 0.3 is 0 Å². The molecule has 0 bridgehead atoms. The lowest BCUT2D eigenvalue weighted by molar-refractivity contribution is -0.128. The number of nitrogens with two attached hydrogens (primary N) is 1. The molecule has 0 unspecified atom stereocenters. The Hall–Kier alpha value is -1.85. The SMILES string of the molecule is CCc1c([C@H](C)NC[C@@H]2CC[C@@H](C(N)=O)O2)oc2ccccc12. The van der Waals surface area contributed by atoms with E-state index >= 15 is 0 Å². The zero-order chi connectivity index (χ0) is 16.4. The van der Waals surface area contributed by atoms with Gasteiger partial charge in [0.2, 0.25) is 5.91 Å². The highest BCUT2D eigenvalue weighted by atomic mass is 16.5. The van der Waals surface area contributed by atoms with Crippen LogP contribution in [0.5, 0.6) is 0 Å². The number of para-hydroxylation sites is 1. The third-order valence-corrected chi connectivity index (χ3v) is 4.55. The van der Waals surface area contributed by atoms with E-state index < -0.39 is 6.10 Å². The number of benzene rings is 1. The largest absolute Gasteiger partial charge is 0.459 e. The Morgan fingerprint density at radius 1 is 1.39 bits per heavy atom. The average molecular weight is 316 g/mol. The summed E-state index contributed by atoms with van der Waals surface area (Å²) in [5, 5.41) is 4.65. The summed E-state index contributed by atoms with van der Waals surface area (Å²) in [4.78, 5) is 11.2. The normalized spacial score (nSPS) is 22.5. The minimum absolute atomic E-state index is 0.0319. The minimum atomic E-state index is -0.436. The molecule has 0 spiro atoms. The van der Waals surface area contributed by atoms with Crippen LogP contribution in [0.15, 0.2) is 28.7 Å². The van der Waals surface area contributed by atoms with E-state index in [-0.39, 0.29) is 18.1 Å². The van der Waals surface area contributed by atoms with Crippen molar-refractivity contribution in [2.24, 2.45) is 5.73 Å². The lowest BCUT2D eigenvalue weighted by atomic mass is 10.0. The molecule has 3 N–H and O–H groups in total. The van der Waals surface area contributed by atoms with Crippen LogP contribution < -0.4 is 11.1 Å². The van der Waals surface area contributed by atoms with Crippen LogP contribution in [0.3, 0.4) is 0 Å². The Morgan fingerprint density at radius 2 is 2.17 bits per heavy atom. The Balaban J connectivity index is 1.67. The fourth-order valence-electron chi connectivity index (χ4n) is 3.30. The smallest absolute Gasteiger partial charge is 0.246 e. The number of nitrogens with one attached hydrogen (secondary N) is 1. The summed E-state index contributed by atoms with van der Waals surface area (Å²) in [6, 6.07) is 8.22. The number of aryl methyl sites for hydroxylation is 1. The molecule has 0 saturated carbocycles. The van der Waals surface area contributed by atoms with Gasteiger partial charge < -0.3 is 20.2 Å². The van der Waals surface area contributed by atoms with Crippen molar-refractivity contribution in [1.82, 2.24) is 5.32 Å². The Bertz CT molecular complexity index is 695. The Labute approximate surface area is 136 Å². The van der Waals surface area contributed by atoms with Gasteiger partial charge in [-0.3, -0.25) is 4.79 Å². The summed E-state index contributed by atoms with van der Waals surface area (Å²) in [5.41, 5.74) is 7.47. The first kappa shape index (κ1) is 16.0. The van der Waals surface area contributed by atoms with Crippen LogP contribution in [-0.2, 0) is 16.0 Å². The Morgan fingerprint density at radius 3 is 2.87 bits per heavy atom. The second-order valence-corrected chi connectivity index (χ2v) is 6.15. The maximum Gasteiger partial charge on any atom is 0.246 e. The molecule has 1 aromatic carbocycles. The van der Waals surface area contributed by atoms with Gasteiger partial charge in [-0.2, -0.15) is 0 Å². The van der Waals surface area contributed by atoms with E-state index in [0.29, 0.717) is 13.0 Å². The number of rotatable bonds is 6. The summed E-state index contributed by atoms with van der Waals surface area (Å²) in [5.74, 6) is 0.615. The number of primary amides is 1. The van der Waals surface area contributed by atoms with Gasteiger partial charge in [-0.05, 0) is 32.3 Å². The molecule has 124 valence electrons. The molecule has 23 heavy (non-hydrogen) atoms. The maximum absolute atomic E-state index is 11.2. The van der Waals surface area contributed by atoms with E-state index in [9.17, 15) is 4.79 Å². The average Bonchev–Trinajstić information content (AvgIpc) is 3.16. The van der Waals surface area contributed by atoms with Crippen molar-refractivity contribution in [3.8, 4) is 0 Å². The predicted molar refractivity (Wildman–Crippen MR) is 89.1 cm³/mol. The zero-order valence-corrected chi connectivity index (χ0v) is 13.7. The van der Waals surface area contributed by atoms with Crippen LogP contribution in [0, 0.1) is 0 Å². The molecule has 0 radical (unpaired) electrons. The summed E-state index contributed by atoms with van der Waals surface area (Å²) in [6.07, 6.45) is 2.09. The van der Waals surface area contributed by atoms with Gasteiger partial charge in [-0.15, -0.1) is 0 Å². The van der Waals surface area contributed by atoms with Gasteiger partial charge in [0.1, 0.15) is 17.4 Å². The van der Waals surface area contributed by atoms with E-state index in [0.717, 1.165) is 24.2 Å². The van der Waals surface area contributed by atoms with Crippen molar-refractivity contribution in [2.75, 3.05) is 6.54 Å². The van der Waals surface area contributed by atoms with Crippen LogP contribution in [-0.4, -0.2) is 24.7 Å². The van der Waals surface area contributed by atoms with E-state index in [1.807, 2.05) is 18.2 Å². The summed E-state index contributed by atoms with van der Waals surface area (Å²) < 4.78 is 11.7. The van der Waals surface area contributed by atoms with Gasteiger partial charge in [0, 0.05) is 17.5 Å². The molecule has 5 heteroatoms. The van der Waals surface area contributed by atoms with Crippen LogP contribution in [0.25, 0.3) is 11.0 Å². The zero-order valence-electron chi connectivity index (χ0n) is 13.7. The molecule has 1 aromatic heterocycles. The minimum Gasteiger partial charge on any atom is -0.459 e. The molecule has 1 aliphatic heterocycles. The topological polar surface area (TPSA) is 77.5 Å². The van der Waals surface area contributed by atoms with Crippen LogP contribution in [0.1, 0.15) is 44.1 Å². The molecule has 0 aliphatic carbocycles. The number of carbonyl (C=O) groups excluding carboxylic acids is 1. The fourth-order valence-corrected chi connectivity index (χ4v) is 3.30. The van der Waals surface area contributed by atoms with Crippen molar-refractivity contribution in [3.05, 3.63) is 35.6 Å². The van der Waals surface area contributed by atoms with Crippen LogP contribution >= 0.6 is 0 Å². The summed E-state index contributed by atoms with van der Waals surface area (Å²) in [6.45, 7) is 4.92. The molecular formula is C18H24N2O3. The quantitative estimate of drug-likeness (QED) is 0.859. The van der Waals surface area contributed by atoms with Gasteiger partial charge in [-0.25, -0.2) is 0 Å². The number of furan rings is 1. The van der Waals surface area contributed by atoms with Gasteiger partial charge in [-0.1, -0.05) is 25.1 Å². The highest BCUT2D eigenvalue weighted by Gasteiger charge is 2.29. The van der Waals surface area contributed by atoms with Crippen LogP contribution in [0.4, 0.5) is 0 Å². The molecule has 2 aromatic rings. The monoisotopic (exact) mass is 316 g/mol. The second kappa shape index (κ2) is 6.72. The molecule has 2 heterocycles. The van der Waals surface area contributed by atoms with Gasteiger partial charge in [0.25, 0.3) is 0 Å². The molecule has 1 aliphatic rings. The third-order valence-electron chi connectivity index (χ3n) is 4.55. The molecule has 1 saturated heterocycles. The van der Waals surface area contributed by atoms with E-state index in [2.05, 4.69) is 25.2 Å². The number of hydrogen-bond donors (Lipinski definition) is 2. The number of hydrogen-bond acceptors (Lipinski definition) is 4. The summed E-state index contributed by atoms with van der Waals surface area (Å²) >= 11 is 0. The standard InChI is InChI=1S/C18H24N2O3/c1-3-13-14-6-4-5-7-15(14)23-17(13)11(2)20-10-12-8-9-16(22-12)18(19)21/h4-7,11-12,16,20H,3,8-10H2,1-2H3,(H2,19,21)/t11-,12-,16-/m0/s1. The first-order valence-electron chi connectivity index (χ1n) is 8.28. The first-order valence-corrected chi connectivity index (χ1v) is 8.28. The molecular weight excluding hydrogens is 292 g/mol. The van der Waals surface area contributed by atoms with E-state index in [4.69, 9.17) is 14.9 Å². The summed E-state index contributed by atoms with van der Waals surface area (Å²) in [7, 11) is 0. The Kier molecular flexibility index (Phi) is 4.68. The predicted octanol–water partition coefficient (Wildman–Crippen LogP) is 2.68. The van der Waals surface area contributed by atoms with Crippen molar-refractivity contribution in [3.63, 3.8) is 0 Å². The molecule has 1 amide bonds. The van der Waals surface area contributed by atoms with Crippen molar-refractivity contribution in [2.45, 2.75) is 51.4 Å². The number of carbonyl (C=O) groups is 1.